The van der Waals surface area contributed by atoms with Gasteiger partial charge >= 0.3 is 5.97 Å². The van der Waals surface area contributed by atoms with Crippen molar-refractivity contribution in [3.05, 3.63) is 23.8 Å². The van der Waals surface area contributed by atoms with Crippen molar-refractivity contribution in [3.63, 3.8) is 0 Å². The predicted octanol–water partition coefficient (Wildman–Crippen LogP) is 1.01. The van der Waals surface area contributed by atoms with Crippen molar-refractivity contribution in [2.75, 3.05) is 52.9 Å². The van der Waals surface area contributed by atoms with Gasteiger partial charge in [-0.15, -0.1) is 0 Å². The first-order valence-electron chi connectivity index (χ1n) is 11.6. The van der Waals surface area contributed by atoms with Crippen molar-refractivity contribution in [1.29, 1.82) is 0 Å². The van der Waals surface area contributed by atoms with Gasteiger partial charge in [0, 0.05) is 32.8 Å². The van der Waals surface area contributed by atoms with E-state index in [1.54, 1.807) is 19.2 Å². The molecule has 2 aromatic rings. The molecule has 0 amide bonds. The molecule has 1 aliphatic heterocycles. The number of hydrogen-bond acceptors (Lipinski definition) is 9. The van der Waals surface area contributed by atoms with Crippen LogP contribution in [0, 0.1) is 11.8 Å². The number of nitrogens with zero attached hydrogens (tertiary/aromatic N) is 4. The van der Waals surface area contributed by atoms with Crippen LogP contribution in [0.3, 0.4) is 0 Å². The van der Waals surface area contributed by atoms with E-state index in [1.165, 1.54) is 7.11 Å². The second kappa shape index (κ2) is 13.8. The number of hydrogen-bond donors (Lipinski definition) is 3. The molecule has 12 nitrogen and oxygen atoms in total. The standard InChI is InChI=1S/C22H32N4O4.2CH2O2/c1-24(2)19-10-15-12-25(13-16(15)11-20(19)27)22-23-17-9-14(21(28)30-4)5-6-18(17)26(22)7-8-29-3;2*2-1-3/h5-6,9,15-16,19-20,27H,7-8,10-13H2,1-4H3;2*1H,(H,2,3)/t15-,16+,19-,20-;;/m1../s1. The number of anilines is 1. The highest BCUT2D eigenvalue weighted by molar-refractivity contribution is 5.94. The van der Waals surface area contributed by atoms with Gasteiger partial charge in [-0.05, 0) is 57.0 Å². The van der Waals surface area contributed by atoms with Crippen LogP contribution in [0.1, 0.15) is 23.2 Å². The molecule has 12 heteroatoms. The number of methoxy groups -OCH3 is 2. The fraction of sp³-hybridized carbons (Fsp3) is 0.583. The minimum absolute atomic E-state index is 0.209. The third kappa shape index (κ3) is 6.71. The van der Waals surface area contributed by atoms with E-state index in [-0.39, 0.29) is 31.1 Å². The van der Waals surface area contributed by atoms with Crippen LogP contribution in [0.15, 0.2) is 18.2 Å². The zero-order valence-corrected chi connectivity index (χ0v) is 21.1. The average molecular weight is 509 g/mol. The SMILES string of the molecule is COCCn1c(N2C[C@H]3C[C@@H](N(C)C)[C@H](O)C[C@H]3C2)nc2cc(C(=O)OC)ccc21.O=CO.O=CO. The third-order valence-corrected chi connectivity index (χ3v) is 6.72. The van der Waals surface area contributed by atoms with Gasteiger partial charge in [-0.25, -0.2) is 9.78 Å². The number of carbonyl (C=O) groups is 3. The van der Waals surface area contributed by atoms with E-state index in [4.69, 9.17) is 34.3 Å². The van der Waals surface area contributed by atoms with Crippen molar-refractivity contribution in [2.45, 2.75) is 31.5 Å². The second-order valence-corrected chi connectivity index (χ2v) is 8.96. The molecule has 0 spiro atoms. The number of aromatic nitrogens is 2. The van der Waals surface area contributed by atoms with E-state index in [0.717, 1.165) is 42.9 Å². The Balaban J connectivity index is 0.000000693. The summed E-state index contributed by atoms with van der Waals surface area (Å²) in [5, 5.41) is 24.4. The van der Waals surface area contributed by atoms with E-state index in [2.05, 4.69) is 14.4 Å². The first-order chi connectivity index (χ1) is 17.3. The van der Waals surface area contributed by atoms with Crippen molar-refractivity contribution in [3.8, 4) is 0 Å². The topological polar surface area (TPSA) is 155 Å². The molecule has 1 saturated heterocycles. The van der Waals surface area contributed by atoms with Gasteiger partial charge in [0.05, 0.1) is 36.4 Å². The summed E-state index contributed by atoms with van der Waals surface area (Å²) in [5.74, 6) is 1.56. The molecule has 3 N–H and O–H groups in total. The number of carboxylic acid groups (broad SMARTS) is 2. The van der Waals surface area contributed by atoms with Gasteiger partial charge in [0.1, 0.15) is 0 Å². The third-order valence-electron chi connectivity index (χ3n) is 6.72. The quantitative estimate of drug-likeness (QED) is 0.378. The summed E-state index contributed by atoms with van der Waals surface area (Å²) in [6.07, 6.45) is 1.55. The van der Waals surface area contributed by atoms with E-state index in [1.807, 2.05) is 20.2 Å². The number of fused-ring (bicyclic) bond motifs is 2. The van der Waals surface area contributed by atoms with Crippen molar-refractivity contribution < 1.29 is 39.2 Å². The van der Waals surface area contributed by atoms with Crippen LogP contribution in [0.2, 0.25) is 0 Å². The maximum absolute atomic E-state index is 11.9. The number of carbonyl (C=O) groups excluding carboxylic acids is 1. The zero-order valence-electron chi connectivity index (χ0n) is 21.1. The molecule has 1 saturated carbocycles. The Bertz CT molecular complexity index is 1010. The first-order valence-corrected chi connectivity index (χ1v) is 11.6. The molecule has 2 aliphatic rings. The zero-order chi connectivity index (χ0) is 26.8. The highest BCUT2D eigenvalue weighted by atomic mass is 16.5. The summed E-state index contributed by atoms with van der Waals surface area (Å²) < 4.78 is 12.4. The van der Waals surface area contributed by atoms with Crippen molar-refractivity contribution in [2.24, 2.45) is 11.8 Å². The Morgan fingerprint density at radius 3 is 2.31 bits per heavy atom. The molecular formula is C24H36N4O8. The summed E-state index contributed by atoms with van der Waals surface area (Å²) in [4.78, 5) is 38.1. The Hall–Kier alpha value is -3.22. The maximum Gasteiger partial charge on any atom is 0.337 e. The molecule has 0 radical (unpaired) electrons. The lowest BCUT2D eigenvalue weighted by atomic mass is 9.77. The predicted molar refractivity (Wildman–Crippen MR) is 132 cm³/mol. The lowest BCUT2D eigenvalue weighted by molar-refractivity contribution is -0.123. The lowest BCUT2D eigenvalue weighted by Gasteiger charge is -2.38. The molecule has 200 valence electrons. The molecule has 0 bridgehead atoms. The van der Waals surface area contributed by atoms with Gasteiger partial charge in [-0.3, -0.25) is 9.59 Å². The van der Waals surface area contributed by atoms with Crippen LogP contribution in [0.25, 0.3) is 11.0 Å². The molecule has 1 aromatic heterocycles. The Kier molecular flexibility index (Phi) is 11.1. The number of likely N-dealkylation sites (N-methyl/N-ethyl adjacent to an activating group) is 1. The molecule has 0 unspecified atom stereocenters. The number of rotatable bonds is 6. The van der Waals surface area contributed by atoms with Gasteiger partial charge in [-0.1, -0.05) is 0 Å². The van der Waals surface area contributed by atoms with Crippen LogP contribution in [-0.4, -0.2) is 109 Å². The summed E-state index contributed by atoms with van der Waals surface area (Å²) in [6, 6.07) is 5.72. The van der Waals surface area contributed by atoms with Crippen LogP contribution in [0.4, 0.5) is 5.95 Å². The van der Waals surface area contributed by atoms with E-state index < -0.39 is 0 Å². The molecular weight excluding hydrogens is 472 g/mol. The van der Waals surface area contributed by atoms with Gasteiger partial charge in [0.25, 0.3) is 12.9 Å². The number of esters is 1. The van der Waals surface area contributed by atoms with Gasteiger partial charge in [-0.2, -0.15) is 0 Å². The molecule has 4 atom stereocenters. The number of ether oxygens (including phenoxy) is 2. The Labute approximate surface area is 210 Å². The Morgan fingerprint density at radius 1 is 1.14 bits per heavy atom. The van der Waals surface area contributed by atoms with Crippen LogP contribution in [0.5, 0.6) is 0 Å². The van der Waals surface area contributed by atoms with Crippen molar-refractivity contribution in [1.82, 2.24) is 14.5 Å². The van der Waals surface area contributed by atoms with Gasteiger partial charge in [0.2, 0.25) is 5.95 Å². The largest absolute Gasteiger partial charge is 0.483 e. The van der Waals surface area contributed by atoms with E-state index >= 15 is 0 Å². The smallest absolute Gasteiger partial charge is 0.337 e. The maximum atomic E-state index is 11.9. The van der Waals surface area contributed by atoms with Gasteiger partial charge in [0.15, 0.2) is 0 Å². The number of aliphatic hydroxyl groups is 1. The number of imidazole rings is 1. The van der Waals surface area contributed by atoms with Crippen LogP contribution < -0.4 is 4.90 Å². The monoisotopic (exact) mass is 508 g/mol. The summed E-state index contributed by atoms with van der Waals surface area (Å²) in [6.45, 7) is 2.60. The highest BCUT2D eigenvalue weighted by Gasteiger charge is 2.43. The van der Waals surface area contributed by atoms with Gasteiger partial charge < -0.3 is 39.2 Å². The van der Waals surface area contributed by atoms with E-state index in [0.29, 0.717) is 30.6 Å². The normalized spacial score (nSPS) is 22.7. The molecule has 36 heavy (non-hydrogen) atoms. The van der Waals surface area contributed by atoms with Crippen LogP contribution in [-0.2, 0) is 25.6 Å². The average Bonchev–Trinajstić information content (AvgIpc) is 3.42. The highest BCUT2D eigenvalue weighted by Crippen LogP contribution is 2.40. The minimum Gasteiger partial charge on any atom is -0.483 e. The fourth-order valence-corrected chi connectivity index (χ4v) is 5.13. The Morgan fingerprint density at radius 2 is 1.75 bits per heavy atom. The summed E-state index contributed by atoms with van der Waals surface area (Å²) in [7, 11) is 7.17. The van der Waals surface area contributed by atoms with E-state index in [9.17, 15) is 9.90 Å². The fourth-order valence-electron chi connectivity index (χ4n) is 5.13. The molecule has 4 rings (SSSR count). The first kappa shape index (κ1) is 29.0. The summed E-state index contributed by atoms with van der Waals surface area (Å²) >= 11 is 0. The summed E-state index contributed by atoms with van der Waals surface area (Å²) in [5.41, 5.74) is 2.26. The number of aliphatic hydroxyl groups excluding tert-OH is 1. The molecule has 2 heterocycles. The van der Waals surface area contributed by atoms with Crippen molar-refractivity contribution >= 4 is 35.9 Å². The number of benzene rings is 1. The van der Waals surface area contributed by atoms with Crippen LogP contribution >= 0.6 is 0 Å². The second-order valence-electron chi connectivity index (χ2n) is 8.96. The lowest BCUT2D eigenvalue weighted by Crippen LogP contribution is -2.46. The molecule has 1 aliphatic carbocycles. The minimum atomic E-state index is -0.360. The molecule has 2 fully saturated rings. The molecule has 1 aromatic carbocycles.